The number of ether oxygens (including phenoxy) is 1. The highest BCUT2D eigenvalue weighted by atomic mass is 19.4. The minimum atomic E-state index is -4.36. The Balaban J connectivity index is 2.14. The maximum Gasteiger partial charge on any atom is 0.422 e. The number of pyridine rings is 1. The maximum absolute atomic E-state index is 12.1. The van der Waals surface area contributed by atoms with Gasteiger partial charge in [-0.05, 0) is 18.8 Å². The zero-order valence-electron chi connectivity index (χ0n) is 9.04. The molecule has 1 aliphatic rings. The molecule has 1 aromatic heterocycles. The van der Waals surface area contributed by atoms with Gasteiger partial charge in [0, 0.05) is 6.07 Å². The Hall–Kier alpha value is -1.46. The highest BCUT2D eigenvalue weighted by molar-refractivity contribution is 5.33. The number of rotatable bonds is 3. The van der Waals surface area contributed by atoms with Crippen molar-refractivity contribution in [1.82, 2.24) is 0 Å². The zero-order valence-corrected chi connectivity index (χ0v) is 9.04. The normalized spacial score (nSPS) is 16.6. The molecule has 2 rings (SSSR count). The molecule has 0 spiro atoms. The minimum Gasteiger partial charge on any atom is -0.619 e. The van der Waals surface area contributed by atoms with Crippen molar-refractivity contribution in [2.45, 2.75) is 31.4 Å². The number of hydrogen-bond donors (Lipinski definition) is 0. The average molecular weight is 247 g/mol. The van der Waals surface area contributed by atoms with Crippen LogP contribution in [0.2, 0.25) is 0 Å². The quantitative estimate of drug-likeness (QED) is 0.607. The SMILES string of the molecule is [O-][n+]1ccc(OCC(F)(F)F)c(C2CCC2)c1. The third kappa shape index (κ3) is 3.01. The molecule has 6 heteroatoms. The molecule has 0 unspecified atom stereocenters. The summed E-state index contributed by atoms with van der Waals surface area (Å²) in [5, 5.41) is 11.1. The van der Waals surface area contributed by atoms with Crippen LogP contribution >= 0.6 is 0 Å². The van der Waals surface area contributed by atoms with Crippen LogP contribution < -0.4 is 9.47 Å². The van der Waals surface area contributed by atoms with Gasteiger partial charge in [-0.3, -0.25) is 0 Å². The number of halogens is 3. The van der Waals surface area contributed by atoms with E-state index >= 15 is 0 Å². The number of nitrogens with zero attached hydrogens (tertiary/aromatic N) is 1. The van der Waals surface area contributed by atoms with Crippen LogP contribution in [0.3, 0.4) is 0 Å². The fourth-order valence-electron chi connectivity index (χ4n) is 1.80. The second kappa shape index (κ2) is 4.43. The molecule has 0 saturated heterocycles. The van der Waals surface area contributed by atoms with E-state index in [1.165, 1.54) is 12.3 Å². The molecular formula is C11H12F3NO2. The summed E-state index contributed by atoms with van der Waals surface area (Å²) in [6.07, 6.45) is 0.916. The van der Waals surface area contributed by atoms with E-state index in [9.17, 15) is 18.4 Å². The Labute approximate surface area is 96.4 Å². The van der Waals surface area contributed by atoms with Crippen molar-refractivity contribution in [3.05, 3.63) is 29.2 Å². The molecule has 0 aromatic carbocycles. The van der Waals surface area contributed by atoms with Gasteiger partial charge in [-0.15, -0.1) is 0 Å². The summed E-state index contributed by atoms with van der Waals surface area (Å²) in [5.74, 6) is 0.318. The van der Waals surface area contributed by atoms with E-state index in [-0.39, 0.29) is 11.7 Å². The zero-order chi connectivity index (χ0) is 12.5. The first-order chi connectivity index (χ1) is 7.96. The molecule has 1 saturated carbocycles. The largest absolute Gasteiger partial charge is 0.619 e. The summed E-state index contributed by atoms with van der Waals surface area (Å²) in [7, 11) is 0. The first kappa shape index (κ1) is 12.0. The lowest BCUT2D eigenvalue weighted by Gasteiger charge is -2.26. The first-order valence-electron chi connectivity index (χ1n) is 5.38. The van der Waals surface area contributed by atoms with E-state index in [0.717, 1.165) is 25.5 Å². The van der Waals surface area contributed by atoms with Crippen molar-refractivity contribution in [2.75, 3.05) is 6.61 Å². The highest BCUT2D eigenvalue weighted by Gasteiger charge is 2.31. The van der Waals surface area contributed by atoms with Crippen LogP contribution in [0.5, 0.6) is 5.75 Å². The van der Waals surface area contributed by atoms with Gasteiger partial charge >= 0.3 is 6.18 Å². The predicted octanol–water partition coefficient (Wildman–Crippen LogP) is 2.53. The number of alkyl halides is 3. The predicted molar refractivity (Wildman–Crippen MR) is 53.5 cm³/mol. The second-order valence-electron chi connectivity index (χ2n) is 4.16. The molecule has 3 nitrogen and oxygen atoms in total. The van der Waals surface area contributed by atoms with Gasteiger partial charge in [-0.1, -0.05) is 6.42 Å². The van der Waals surface area contributed by atoms with Gasteiger partial charge in [0.05, 0.1) is 5.56 Å². The maximum atomic E-state index is 12.1. The molecule has 0 atom stereocenters. The van der Waals surface area contributed by atoms with Crippen molar-refractivity contribution in [1.29, 1.82) is 0 Å². The Morgan fingerprint density at radius 1 is 1.41 bits per heavy atom. The van der Waals surface area contributed by atoms with E-state index in [1.807, 2.05) is 0 Å². The van der Waals surface area contributed by atoms with E-state index < -0.39 is 12.8 Å². The second-order valence-corrected chi connectivity index (χ2v) is 4.16. The molecule has 1 aromatic rings. The molecule has 0 bridgehead atoms. The van der Waals surface area contributed by atoms with Gasteiger partial charge in [0.25, 0.3) is 0 Å². The van der Waals surface area contributed by atoms with Crippen molar-refractivity contribution in [2.24, 2.45) is 0 Å². The van der Waals surface area contributed by atoms with Crippen LogP contribution in [0.4, 0.5) is 13.2 Å². The summed E-state index contributed by atoms with van der Waals surface area (Å²) in [6, 6.07) is 1.30. The van der Waals surface area contributed by atoms with Gasteiger partial charge in [-0.25, -0.2) is 0 Å². The summed E-state index contributed by atoms with van der Waals surface area (Å²) in [4.78, 5) is 0. The smallest absolute Gasteiger partial charge is 0.422 e. The van der Waals surface area contributed by atoms with Crippen molar-refractivity contribution in [3.8, 4) is 5.75 Å². The van der Waals surface area contributed by atoms with Crippen LogP contribution in [0, 0.1) is 5.21 Å². The monoisotopic (exact) mass is 247 g/mol. The summed E-state index contributed by atoms with van der Waals surface area (Å²) in [6.45, 7) is -1.32. The first-order valence-corrected chi connectivity index (χ1v) is 5.38. The summed E-state index contributed by atoms with van der Waals surface area (Å²) < 4.78 is 41.5. The molecular weight excluding hydrogens is 235 g/mol. The topological polar surface area (TPSA) is 36.2 Å². The standard InChI is InChI=1S/C11H12F3NO2/c12-11(13,14)7-17-10-4-5-15(16)6-9(10)8-2-1-3-8/h4-6,8H,1-3,7H2. The van der Waals surface area contributed by atoms with Gasteiger partial charge in [0.15, 0.2) is 19.0 Å². The number of aromatic nitrogens is 1. The Bertz CT molecular complexity index is 402. The third-order valence-corrected chi connectivity index (χ3v) is 2.86. The Kier molecular flexibility index (Phi) is 3.13. The molecule has 0 amide bonds. The van der Waals surface area contributed by atoms with E-state index in [1.54, 1.807) is 0 Å². The summed E-state index contributed by atoms with van der Waals surface area (Å²) in [5.41, 5.74) is 0.581. The van der Waals surface area contributed by atoms with E-state index in [0.29, 0.717) is 10.3 Å². The van der Waals surface area contributed by atoms with Crippen molar-refractivity contribution in [3.63, 3.8) is 0 Å². The Morgan fingerprint density at radius 3 is 2.65 bits per heavy atom. The third-order valence-electron chi connectivity index (χ3n) is 2.86. The lowest BCUT2D eigenvalue weighted by Crippen LogP contribution is -2.28. The van der Waals surface area contributed by atoms with Crippen LogP contribution in [0.25, 0.3) is 0 Å². The lowest BCUT2D eigenvalue weighted by atomic mass is 9.80. The average Bonchev–Trinajstić information content (AvgIpc) is 2.12. The van der Waals surface area contributed by atoms with Crippen LogP contribution in [-0.2, 0) is 0 Å². The molecule has 0 N–H and O–H groups in total. The molecule has 0 aliphatic heterocycles. The van der Waals surface area contributed by atoms with Crippen molar-refractivity contribution >= 4 is 0 Å². The van der Waals surface area contributed by atoms with Gasteiger partial charge < -0.3 is 9.94 Å². The molecule has 1 fully saturated rings. The van der Waals surface area contributed by atoms with E-state index in [4.69, 9.17) is 4.74 Å². The highest BCUT2D eigenvalue weighted by Crippen LogP contribution is 2.40. The van der Waals surface area contributed by atoms with Gasteiger partial charge in [-0.2, -0.15) is 17.9 Å². The minimum absolute atomic E-state index is 0.152. The lowest BCUT2D eigenvalue weighted by molar-refractivity contribution is -0.606. The molecule has 94 valence electrons. The van der Waals surface area contributed by atoms with Crippen LogP contribution in [0.1, 0.15) is 30.7 Å². The van der Waals surface area contributed by atoms with Crippen molar-refractivity contribution < 1.29 is 22.6 Å². The van der Waals surface area contributed by atoms with Gasteiger partial charge in [0.2, 0.25) is 0 Å². The molecule has 17 heavy (non-hydrogen) atoms. The number of hydrogen-bond acceptors (Lipinski definition) is 2. The van der Waals surface area contributed by atoms with Crippen LogP contribution in [-0.4, -0.2) is 12.8 Å². The fourth-order valence-corrected chi connectivity index (χ4v) is 1.80. The fraction of sp³-hybridized carbons (Fsp3) is 0.545. The van der Waals surface area contributed by atoms with Crippen LogP contribution in [0.15, 0.2) is 18.5 Å². The summed E-state index contributed by atoms with van der Waals surface area (Å²) >= 11 is 0. The van der Waals surface area contributed by atoms with Gasteiger partial charge in [0.1, 0.15) is 5.75 Å². The molecule has 0 radical (unpaired) electrons. The van der Waals surface area contributed by atoms with E-state index in [2.05, 4.69) is 0 Å². The molecule has 1 heterocycles. The Morgan fingerprint density at radius 2 is 2.12 bits per heavy atom. The molecule has 1 aliphatic carbocycles.